The number of aliphatic imine (C=N–C) groups is 1. The number of carbonyl (C=O) groups excluding carboxylic acids is 2. The molecule has 2 amide bonds. The Bertz CT molecular complexity index is 1830. The van der Waals surface area contributed by atoms with Crippen molar-refractivity contribution in [2.24, 2.45) is 22.4 Å². The number of carbonyl (C=O) groups is 3. The average molecular weight is 712 g/mol. The largest absolute Gasteiger partial charge is 0.492 e. The molecule has 1 fully saturated rings. The van der Waals surface area contributed by atoms with Gasteiger partial charge in [0.1, 0.15) is 21.6 Å². The summed E-state index contributed by atoms with van der Waals surface area (Å²) in [7, 11) is -2.62. The molecule has 1 aromatic heterocycles. The lowest BCUT2D eigenvalue weighted by Gasteiger charge is -2.31. The van der Waals surface area contributed by atoms with Gasteiger partial charge in [0.15, 0.2) is 5.96 Å². The first-order valence-electron chi connectivity index (χ1n) is 16.0. The van der Waals surface area contributed by atoms with Gasteiger partial charge in [0.05, 0.1) is 12.3 Å². The van der Waals surface area contributed by atoms with E-state index in [4.69, 9.17) is 16.2 Å². The number of benzene rings is 2. The van der Waals surface area contributed by atoms with E-state index in [1.54, 1.807) is 18.5 Å². The van der Waals surface area contributed by atoms with Crippen molar-refractivity contribution in [3.63, 3.8) is 0 Å². The third-order valence-electron chi connectivity index (χ3n) is 8.63. The van der Waals surface area contributed by atoms with Crippen molar-refractivity contribution in [2.75, 3.05) is 38.0 Å². The standard InChI is InChI=1S/C33H41N7O7S2/c1-36-30(41)20-8-13-40(14-9-20)19-22-5-2-3-6-24(22)23-17-21-10-15-47-28(21)27(18-23)49(45,46)39-25-11-16-48-29(25)31(42)38-26(32(43)44)7-4-12-37-33(34)35/h2-3,5-6,11,16-18,20,26,39H,4,7-10,12-15,19H2,1H3,(H,36,41)(H,38,42)(H,43,44)(H4,34,35,37)/t26-/m0/s1. The van der Waals surface area contributed by atoms with Gasteiger partial charge in [0.2, 0.25) is 5.91 Å². The second-order valence-electron chi connectivity index (χ2n) is 12.0. The van der Waals surface area contributed by atoms with Crippen LogP contribution in [-0.4, -0.2) is 81.5 Å². The molecule has 1 atom stereocenters. The molecule has 16 heteroatoms. The normalized spacial score (nSPS) is 15.4. The molecule has 2 aliphatic rings. The molecular weight excluding hydrogens is 671 g/mol. The minimum absolute atomic E-state index is 0.00358. The van der Waals surface area contributed by atoms with Crippen molar-refractivity contribution in [3.8, 4) is 16.9 Å². The lowest BCUT2D eigenvalue weighted by Crippen LogP contribution is -2.40. The number of nitrogens with two attached hydrogens (primary N) is 2. The number of likely N-dealkylation sites (tertiary alicyclic amines) is 1. The second-order valence-corrected chi connectivity index (χ2v) is 14.5. The van der Waals surface area contributed by atoms with Crippen LogP contribution in [0.1, 0.15) is 46.5 Å². The first-order valence-corrected chi connectivity index (χ1v) is 18.3. The molecule has 49 heavy (non-hydrogen) atoms. The van der Waals surface area contributed by atoms with Gasteiger partial charge >= 0.3 is 5.97 Å². The van der Waals surface area contributed by atoms with Gasteiger partial charge in [-0.15, -0.1) is 11.3 Å². The lowest BCUT2D eigenvalue weighted by molar-refractivity contribution is -0.139. The van der Waals surface area contributed by atoms with Crippen LogP contribution >= 0.6 is 11.3 Å². The number of rotatable bonds is 14. The summed E-state index contributed by atoms with van der Waals surface area (Å²) in [6.45, 7) is 2.71. The van der Waals surface area contributed by atoms with Crippen molar-refractivity contribution in [1.82, 2.24) is 15.5 Å². The first-order chi connectivity index (χ1) is 23.5. The predicted molar refractivity (Wildman–Crippen MR) is 187 cm³/mol. The van der Waals surface area contributed by atoms with Crippen LogP contribution in [0.3, 0.4) is 0 Å². The first kappa shape index (κ1) is 35.6. The molecule has 2 aromatic carbocycles. The van der Waals surface area contributed by atoms with Crippen LogP contribution in [0.25, 0.3) is 11.1 Å². The van der Waals surface area contributed by atoms with Crippen LogP contribution in [0.5, 0.6) is 5.75 Å². The fourth-order valence-corrected chi connectivity index (χ4v) is 8.22. The van der Waals surface area contributed by atoms with Crippen LogP contribution in [0, 0.1) is 5.92 Å². The van der Waals surface area contributed by atoms with E-state index in [9.17, 15) is 27.9 Å². The molecule has 0 spiro atoms. The Balaban J connectivity index is 1.36. The molecule has 3 heterocycles. The number of amides is 2. The molecule has 0 saturated carbocycles. The predicted octanol–water partition coefficient (Wildman–Crippen LogP) is 2.35. The van der Waals surface area contributed by atoms with Crippen molar-refractivity contribution in [3.05, 3.63) is 63.8 Å². The maximum Gasteiger partial charge on any atom is 0.326 e. The van der Waals surface area contributed by atoms with Gasteiger partial charge in [0, 0.05) is 32.5 Å². The summed E-state index contributed by atoms with van der Waals surface area (Å²) in [6.07, 6.45) is 2.44. The summed E-state index contributed by atoms with van der Waals surface area (Å²) in [5.74, 6) is -1.76. The highest BCUT2D eigenvalue weighted by atomic mass is 32.2. The molecular formula is C33H41N7O7S2. The van der Waals surface area contributed by atoms with Gasteiger partial charge < -0.3 is 31.9 Å². The van der Waals surface area contributed by atoms with Crippen LogP contribution in [0.4, 0.5) is 5.69 Å². The maximum atomic E-state index is 14.0. The summed E-state index contributed by atoms with van der Waals surface area (Å²) >= 11 is 0.981. The highest BCUT2D eigenvalue weighted by Gasteiger charge is 2.30. The number of piperidine rings is 1. The summed E-state index contributed by atoms with van der Waals surface area (Å²) in [5.41, 5.74) is 14.0. The highest BCUT2D eigenvalue weighted by Crippen LogP contribution is 2.40. The Kier molecular flexibility index (Phi) is 11.4. The SMILES string of the molecule is CNC(=O)C1CCN(Cc2ccccc2-c2cc3c(c(S(=O)(=O)Nc4ccsc4C(=O)N[C@@H](CCCN=C(N)N)C(=O)O)c2)OCC3)CC1. The molecule has 14 nitrogen and oxygen atoms in total. The van der Waals surface area contributed by atoms with Gasteiger partial charge in [0.25, 0.3) is 15.9 Å². The van der Waals surface area contributed by atoms with E-state index >= 15 is 0 Å². The number of thiophene rings is 1. The van der Waals surface area contributed by atoms with Gasteiger partial charge in [-0.05, 0) is 84.6 Å². The third kappa shape index (κ3) is 8.68. The summed E-state index contributed by atoms with van der Waals surface area (Å²) < 4.78 is 36.4. The quantitative estimate of drug-likeness (QED) is 0.0815. The van der Waals surface area contributed by atoms with E-state index in [2.05, 4.69) is 25.2 Å². The maximum absolute atomic E-state index is 14.0. The number of carboxylic acids is 1. The number of ether oxygens (including phenoxy) is 1. The molecule has 1 saturated heterocycles. The number of fused-ring (bicyclic) bond motifs is 1. The number of nitrogens with one attached hydrogen (secondary N) is 3. The van der Waals surface area contributed by atoms with Crippen molar-refractivity contribution < 1.29 is 32.6 Å². The fraction of sp³-hybridized carbons (Fsp3) is 0.394. The fourth-order valence-electron chi connectivity index (χ4n) is 6.12. The summed E-state index contributed by atoms with van der Waals surface area (Å²) in [5, 5.41) is 16.4. The zero-order valence-electron chi connectivity index (χ0n) is 27.1. The van der Waals surface area contributed by atoms with Crippen molar-refractivity contribution in [2.45, 2.75) is 49.6 Å². The number of nitrogens with zero attached hydrogens (tertiary/aromatic N) is 2. The Morgan fingerprint density at radius 2 is 1.90 bits per heavy atom. The van der Waals surface area contributed by atoms with E-state index in [0.29, 0.717) is 31.6 Å². The minimum atomic E-state index is -4.27. The molecule has 0 unspecified atom stereocenters. The minimum Gasteiger partial charge on any atom is -0.492 e. The van der Waals surface area contributed by atoms with Gasteiger partial charge in [-0.1, -0.05) is 24.3 Å². The Labute approximate surface area is 289 Å². The number of carboxylic acid groups (broad SMARTS) is 1. The van der Waals surface area contributed by atoms with Crippen LogP contribution in [0.15, 0.2) is 57.7 Å². The Hall–Kier alpha value is -4.67. The van der Waals surface area contributed by atoms with Crippen LogP contribution < -0.4 is 31.6 Å². The Morgan fingerprint density at radius 1 is 1.14 bits per heavy atom. The van der Waals surface area contributed by atoms with Gasteiger partial charge in [-0.25, -0.2) is 13.2 Å². The molecule has 8 N–H and O–H groups in total. The summed E-state index contributed by atoms with van der Waals surface area (Å²) in [4.78, 5) is 43.2. The molecule has 0 radical (unpaired) electrons. The van der Waals surface area contributed by atoms with Gasteiger partial charge in [-0.2, -0.15) is 0 Å². The van der Waals surface area contributed by atoms with E-state index in [1.165, 1.54) is 6.07 Å². The number of anilines is 1. The third-order valence-corrected chi connectivity index (χ3v) is 10.9. The van der Waals surface area contributed by atoms with Crippen LogP contribution in [0.2, 0.25) is 0 Å². The number of hydrogen-bond acceptors (Lipinski definition) is 9. The number of aliphatic carboxylic acids is 1. The van der Waals surface area contributed by atoms with E-state index in [0.717, 1.165) is 54.0 Å². The number of hydrogen-bond donors (Lipinski definition) is 6. The zero-order valence-corrected chi connectivity index (χ0v) is 28.7. The molecule has 262 valence electrons. The number of guanidine groups is 1. The molecule has 2 aliphatic heterocycles. The Morgan fingerprint density at radius 3 is 2.61 bits per heavy atom. The van der Waals surface area contributed by atoms with Gasteiger partial charge in [-0.3, -0.25) is 24.2 Å². The highest BCUT2D eigenvalue weighted by molar-refractivity contribution is 7.92. The lowest BCUT2D eigenvalue weighted by atomic mass is 9.94. The molecule has 0 aliphatic carbocycles. The monoisotopic (exact) mass is 711 g/mol. The van der Waals surface area contributed by atoms with Crippen molar-refractivity contribution in [1.29, 1.82) is 0 Å². The van der Waals surface area contributed by atoms with E-state index < -0.39 is 27.9 Å². The second kappa shape index (κ2) is 15.7. The van der Waals surface area contributed by atoms with E-state index in [1.807, 2.05) is 30.3 Å². The van der Waals surface area contributed by atoms with Crippen LogP contribution in [-0.2, 0) is 32.6 Å². The topological polar surface area (TPSA) is 219 Å². The number of sulfonamides is 1. The zero-order chi connectivity index (χ0) is 35.1. The summed E-state index contributed by atoms with van der Waals surface area (Å²) in [6, 6.07) is 11.6. The van der Waals surface area contributed by atoms with E-state index in [-0.39, 0.29) is 52.0 Å². The molecule has 5 rings (SSSR count). The van der Waals surface area contributed by atoms with Crippen molar-refractivity contribution >= 4 is 50.8 Å². The smallest absolute Gasteiger partial charge is 0.326 e. The molecule has 3 aromatic rings. The molecule has 0 bridgehead atoms. The average Bonchev–Trinajstić information content (AvgIpc) is 3.75.